The standard InChI is InChI=1S/C13H18N2O/c1-10-2-4-11(5-3-10)8-15(9-13(14)16)12-6-7-12/h2-5,12H,6-9H2,1H3,(H2,14,16). The van der Waals surface area contributed by atoms with Crippen LogP contribution in [0.3, 0.4) is 0 Å². The maximum Gasteiger partial charge on any atom is 0.231 e. The van der Waals surface area contributed by atoms with Crippen LogP contribution < -0.4 is 5.73 Å². The van der Waals surface area contributed by atoms with Gasteiger partial charge in [-0.2, -0.15) is 0 Å². The van der Waals surface area contributed by atoms with E-state index in [9.17, 15) is 4.79 Å². The summed E-state index contributed by atoms with van der Waals surface area (Å²) in [7, 11) is 0. The van der Waals surface area contributed by atoms with Gasteiger partial charge in [-0.15, -0.1) is 0 Å². The van der Waals surface area contributed by atoms with E-state index in [2.05, 4.69) is 36.1 Å². The predicted octanol–water partition coefficient (Wildman–Crippen LogP) is 1.44. The normalized spacial score (nSPS) is 15.4. The second-order valence-electron chi connectivity index (χ2n) is 4.59. The van der Waals surface area contributed by atoms with Gasteiger partial charge in [0.2, 0.25) is 5.91 Å². The van der Waals surface area contributed by atoms with E-state index in [1.165, 1.54) is 24.0 Å². The second kappa shape index (κ2) is 4.66. The Morgan fingerprint density at radius 1 is 1.38 bits per heavy atom. The Hall–Kier alpha value is -1.35. The van der Waals surface area contributed by atoms with E-state index in [0.29, 0.717) is 12.6 Å². The molecule has 1 aromatic carbocycles. The van der Waals surface area contributed by atoms with Crippen LogP contribution in [0.1, 0.15) is 24.0 Å². The van der Waals surface area contributed by atoms with Crippen LogP contribution in [0.4, 0.5) is 0 Å². The Balaban J connectivity index is 1.99. The number of primary amides is 1. The Kier molecular flexibility index (Phi) is 3.25. The van der Waals surface area contributed by atoms with E-state index in [-0.39, 0.29) is 5.91 Å². The summed E-state index contributed by atoms with van der Waals surface area (Å²) < 4.78 is 0. The first-order chi connectivity index (χ1) is 7.65. The quantitative estimate of drug-likeness (QED) is 0.813. The fraction of sp³-hybridized carbons (Fsp3) is 0.462. The molecule has 0 unspecified atom stereocenters. The lowest BCUT2D eigenvalue weighted by Gasteiger charge is -2.20. The maximum absolute atomic E-state index is 11.0. The van der Waals surface area contributed by atoms with Crippen molar-refractivity contribution in [1.29, 1.82) is 0 Å². The molecule has 0 saturated heterocycles. The van der Waals surface area contributed by atoms with Crippen LogP contribution in [0.15, 0.2) is 24.3 Å². The summed E-state index contributed by atoms with van der Waals surface area (Å²) in [6.07, 6.45) is 2.39. The zero-order valence-electron chi connectivity index (χ0n) is 9.65. The number of carbonyl (C=O) groups excluding carboxylic acids is 1. The summed E-state index contributed by atoms with van der Waals surface area (Å²) in [6, 6.07) is 9.00. The second-order valence-corrected chi connectivity index (χ2v) is 4.59. The van der Waals surface area contributed by atoms with Gasteiger partial charge in [-0.1, -0.05) is 29.8 Å². The molecule has 3 nitrogen and oxygen atoms in total. The minimum Gasteiger partial charge on any atom is -0.369 e. The molecule has 0 aliphatic heterocycles. The monoisotopic (exact) mass is 218 g/mol. The largest absolute Gasteiger partial charge is 0.369 e. The number of nitrogens with zero attached hydrogens (tertiary/aromatic N) is 1. The van der Waals surface area contributed by atoms with Crippen molar-refractivity contribution in [3.63, 3.8) is 0 Å². The highest BCUT2D eigenvalue weighted by molar-refractivity contribution is 5.76. The molecule has 0 radical (unpaired) electrons. The van der Waals surface area contributed by atoms with Crippen molar-refractivity contribution >= 4 is 5.91 Å². The molecule has 1 aromatic rings. The van der Waals surface area contributed by atoms with Gasteiger partial charge in [-0.05, 0) is 25.3 Å². The molecule has 2 N–H and O–H groups in total. The van der Waals surface area contributed by atoms with E-state index in [1.807, 2.05) is 0 Å². The van der Waals surface area contributed by atoms with Crippen LogP contribution >= 0.6 is 0 Å². The highest BCUT2D eigenvalue weighted by atomic mass is 16.1. The van der Waals surface area contributed by atoms with E-state index < -0.39 is 0 Å². The molecular formula is C13H18N2O. The molecule has 1 amide bonds. The zero-order chi connectivity index (χ0) is 11.5. The highest BCUT2D eigenvalue weighted by Gasteiger charge is 2.29. The third-order valence-corrected chi connectivity index (χ3v) is 2.93. The van der Waals surface area contributed by atoms with Gasteiger partial charge in [0.05, 0.1) is 6.54 Å². The molecule has 2 rings (SSSR count). The topological polar surface area (TPSA) is 46.3 Å². The number of carbonyl (C=O) groups is 1. The van der Waals surface area contributed by atoms with Crippen LogP contribution in [0, 0.1) is 6.92 Å². The minimum atomic E-state index is -0.237. The van der Waals surface area contributed by atoms with E-state index in [0.717, 1.165) is 6.54 Å². The van der Waals surface area contributed by atoms with Gasteiger partial charge in [0.1, 0.15) is 0 Å². The van der Waals surface area contributed by atoms with Crippen LogP contribution in [-0.2, 0) is 11.3 Å². The Labute approximate surface area is 96.2 Å². The van der Waals surface area contributed by atoms with Crippen molar-refractivity contribution in [3.05, 3.63) is 35.4 Å². The summed E-state index contributed by atoms with van der Waals surface area (Å²) in [5.41, 5.74) is 7.77. The van der Waals surface area contributed by atoms with Crippen molar-refractivity contribution in [2.45, 2.75) is 32.4 Å². The summed E-state index contributed by atoms with van der Waals surface area (Å²) in [5.74, 6) is -0.237. The van der Waals surface area contributed by atoms with Gasteiger partial charge >= 0.3 is 0 Å². The van der Waals surface area contributed by atoms with Crippen molar-refractivity contribution in [1.82, 2.24) is 4.90 Å². The third-order valence-electron chi connectivity index (χ3n) is 2.93. The van der Waals surface area contributed by atoms with Crippen LogP contribution in [0.5, 0.6) is 0 Å². The van der Waals surface area contributed by atoms with Gasteiger partial charge in [-0.3, -0.25) is 9.69 Å². The molecule has 16 heavy (non-hydrogen) atoms. The first kappa shape index (κ1) is 11.1. The Bertz CT molecular complexity index is 368. The molecule has 0 bridgehead atoms. The first-order valence-electron chi connectivity index (χ1n) is 5.73. The maximum atomic E-state index is 11.0. The number of benzene rings is 1. The van der Waals surface area contributed by atoms with E-state index >= 15 is 0 Å². The molecular weight excluding hydrogens is 200 g/mol. The first-order valence-corrected chi connectivity index (χ1v) is 5.73. The fourth-order valence-electron chi connectivity index (χ4n) is 1.88. The lowest BCUT2D eigenvalue weighted by atomic mass is 10.1. The summed E-state index contributed by atoms with van der Waals surface area (Å²) >= 11 is 0. The summed E-state index contributed by atoms with van der Waals surface area (Å²) in [5, 5.41) is 0. The number of hydrogen-bond acceptors (Lipinski definition) is 2. The van der Waals surface area contributed by atoms with Crippen LogP contribution in [0.25, 0.3) is 0 Å². The minimum absolute atomic E-state index is 0.237. The van der Waals surface area contributed by atoms with Gasteiger partial charge in [0.15, 0.2) is 0 Å². The highest BCUT2D eigenvalue weighted by Crippen LogP contribution is 2.27. The molecule has 0 heterocycles. The number of amides is 1. The SMILES string of the molecule is Cc1ccc(CN(CC(N)=O)C2CC2)cc1. The lowest BCUT2D eigenvalue weighted by molar-refractivity contribution is -0.119. The van der Waals surface area contributed by atoms with Gasteiger partial charge in [0.25, 0.3) is 0 Å². The molecule has 86 valence electrons. The number of nitrogens with two attached hydrogens (primary N) is 1. The molecule has 1 aliphatic rings. The number of hydrogen-bond donors (Lipinski definition) is 1. The summed E-state index contributed by atoms with van der Waals surface area (Å²) in [4.78, 5) is 13.1. The smallest absolute Gasteiger partial charge is 0.231 e. The Morgan fingerprint density at radius 3 is 2.50 bits per heavy atom. The molecule has 1 aliphatic carbocycles. The molecule has 3 heteroatoms. The molecule has 0 spiro atoms. The molecule has 1 saturated carbocycles. The fourth-order valence-corrected chi connectivity index (χ4v) is 1.88. The number of aryl methyl sites for hydroxylation is 1. The van der Waals surface area contributed by atoms with E-state index in [1.54, 1.807) is 0 Å². The third kappa shape index (κ3) is 3.07. The van der Waals surface area contributed by atoms with E-state index in [4.69, 9.17) is 5.73 Å². The van der Waals surface area contributed by atoms with Crippen molar-refractivity contribution in [3.8, 4) is 0 Å². The van der Waals surface area contributed by atoms with Gasteiger partial charge in [0, 0.05) is 12.6 Å². The Morgan fingerprint density at radius 2 is 2.00 bits per heavy atom. The average molecular weight is 218 g/mol. The van der Waals surface area contributed by atoms with Crippen LogP contribution in [0.2, 0.25) is 0 Å². The zero-order valence-corrected chi connectivity index (χ0v) is 9.65. The molecule has 0 aromatic heterocycles. The molecule has 0 atom stereocenters. The van der Waals surface area contributed by atoms with Crippen molar-refractivity contribution in [2.75, 3.05) is 6.54 Å². The predicted molar refractivity (Wildman–Crippen MR) is 63.8 cm³/mol. The van der Waals surface area contributed by atoms with Crippen molar-refractivity contribution < 1.29 is 4.79 Å². The van der Waals surface area contributed by atoms with Crippen molar-refractivity contribution in [2.24, 2.45) is 5.73 Å². The molecule has 1 fully saturated rings. The van der Waals surface area contributed by atoms with Crippen LogP contribution in [-0.4, -0.2) is 23.4 Å². The average Bonchev–Trinajstić information content (AvgIpc) is 3.03. The lowest BCUT2D eigenvalue weighted by Crippen LogP contribution is -2.34. The number of rotatable bonds is 5. The van der Waals surface area contributed by atoms with Gasteiger partial charge < -0.3 is 5.73 Å². The van der Waals surface area contributed by atoms with Gasteiger partial charge in [-0.25, -0.2) is 0 Å². The summed E-state index contributed by atoms with van der Waals surface area (Å²) in [6.45, 7) is 3.28.